The number of anilines is 1. The number of methoxy groups -OCH3 is 1. The van der Waals surface area contributed by atoms with Gasteiger partial charge in [0.1, 0.15) is 11.8 Å². The molecule has 1 saturated heterocycles. The summed E-state index contributed by atoms with van der Waals surface area (Å²) in [5, 5.41) is 9.27. The fourth-order valence-corrected chi connectivity index (χ4v) is 2.70. The van der Waals surface area contributed by atoms with E-state index < -0.39 is 0 Å². The molecule has 0 radical (unpaired) electrons. The summed E-state index contributed by atoms with van der Waals surface area (Å²) in [6, 6.07) is 10.6. The molecule has 1 unspecified atom stereocenters. The maximum atomic E-state index is 9.27. The van der Waals surface area contributed by atoms with E-state index in [2.05, 4.69) is 41.8 Å². The molecule has 1 atom stereocenters. The van der Waals surface area contributed by atoms with Gasteiger partial charge < -0.3 is 9.64 Å². The van der Waals surface area contributed by atoms with Crippen LogP contribution in [0.2, 0.25) is 0 Å². The van der Waals surface area contributed by atoms with E-state index in [4.69, 9.17) is 4.74 Å². The van der Waals surface area contributed by atoms with Gasteiger partial charge in [-0.1, -0.05) is 13.8 Å². The lowest BCUT2D eigenvalue weighted by Gasteiger charge is -2.39. The Hall–Kier alpha value is -1.73. The van der Waals surface area contributed by atoms with Crippen molar-refractivity contribution in [1.82, 2.24) is 4.90 Å². The summed E-state index contributed by atoms with van der Waals surface area (Å²) in [6.07, 6.45) is 0. The monoisotopic (exact) mass is 273 g/mol. The molecule has 0 aromatic heterocycles. The fourth-order valence-electron chi connectivity index (χ4n) is 2.70. The molecule has 1 heterocycles. The third-order valence-corrected chi connectivity index (χ3v) is 3.91. The number of rotatable bonds is 4. The van der Waals surface area contributed by atoms with Crippen LogP contribution in [-0.4, -0.2) is 44.2 Å². The van der Waals surface area contributed by atoms with Gasteiger partial charge in [0.05, 0.1) is 13.2 Å². The normalized spacial score (nSPS) is 17.9. The Labute approximate surface area is 121 Å². The van der Waals surface area contributed by atoms with Gasteiger partial charge in [0.25, 0.3) is 0 Å². The van der Waals surface area contributed by atoms with Crippen molar-refractivity contribution in [2.24, 2.45) is 5.92 Å². The molecule has 0 bridgehead atoms. The van der Waals surface area contributed by atoms with Crippen LogP contribution < -0.4 is 9.64 Å². The Morgan fingerprint density at radius 3 is 2.15 bits per heavy atom. The average molecular weight is 273 g/mol. The van der Waals surface area contributed by atoms with Gasteiger partial charge >= 0.3 is 0 Å². The molecule has 20 heavy (non-hydrogen) atoms. The Morgan fingerprint density at radius 2 is 1.70 bits per heavy atom. The number of nitrogens with zero attached hydrogens (tertiary/aromatic N) is 3. The molecule has 0 N–H and O–H groups in total. The van der Waals surface area contributed by atoms with Crippen LogP contribution in [0.25, 0.3) is 0 Å². The van der Waals surface area contributed by atoms with E-state index in [1.165, 1.54) is 5.69 Å². The summed E-state index contributed by atoms with van der Waals surface area (Å²) in [5.41, 5.74) is 1.23. The van der Waals surface area contributed by atoms with Crippen molar-refractivity contribution in [1.29, 1.82) is 5.26 Å². The quantitative estimate of drug-likeness (QED) is 0.844. The van der Waals surface area contributed by atoms with Crippen LogP contribution in [-0.2, 0) is 0 Å². The molecule has 4 nitrogen and oxygen atoms in total. The number of ether oxygens (including phenoxy) is 1. The van der Waals surface area contributed by atoms with Gasteiger partial charge in [-0.15, -0.1) is 0 Å². The first-order valence-corrected chi connectivity index (χ1v) is 7.18. The second-order valence-corrected chi connectivity index (χ2v) is 5.54. The lowest BCUT2D eigenvalue weighted by atomic mass is 10.0. The fraction of sp³-hybridized carbons (Fsp3) is 0.562. The minimum atomic E-state index is 0.0352. The minimum Gasteiger partial charge on any atom is -0.497 e. The first kappa shape index (κ1) is 14.7. The predicted molar refractivity (Wildman–Crippen MR) is 81.0 cm³/mol. The van der Waals surface area contributed by atoms with E-state index in [0.29, 0.717) is 5.92 Å². The van der Waals surface area contributed by atoms with Crippen molar-refractivity contribution >= 4 is 5.69 Å². The second kappa shape index (κ2) is 6.62. The Morgan fingerprint density at radius 1 is 1.10 bits per heavy atom. The summed E-state index contributed by atoms with van der Waals surface area (Å²) in [6.45, 7) is 8.06. The van der Waals surface area contributed by atoms with Crippen molar-refractivity contribution in [3.8, 4) is 11.8 Å². The third-order valence-electron chi connectivity index (χ3n) is 3.91. The number of piperazine rings is 1. The van der Waals surface area contributed by atoms with Crippen molar-refractivity contribution in [2.75, 3.05) is 38.2 Å². The first-order chi connectivity index (χ1) is 9.65. The van der Waals surface area contributed by atoms with Crippen LogP contribution in [0.3, 0.4) is 0 Å². The summed E-state index contributed by atoms with van der Waals surface area (Å²) >= 11 is 0. The zero-order chi connectivity index (χ0) is 14.5. The molecular formula is C16H23N3O. The summed E-state index contributed by atoms with van der Waals surface area (Å²) in [5.74, 6) is 1.27. The molecule has 0 amide bonds. The summed E-state index contributed by atoms with van der Waals surface area (Å²) in [4.78, 5) is 4.66. The van der Waals surface area contributed by atoms with Crippen molar-refractivity contribution in [3.63, 3.8) is 0 Å². The number of hydrogen-bond acceptors (Lipinski definition) is 4. The molecule has 108 valence electrons. The summed E-state index contributed by atoms with van der Waals surface area (Å²) in [7, 11) is 1.68. The van der Waals surface area contributed by atoms with Gasteiger partial charge in [0.15, 0.2) is 0 Å². The van der Waals surface area contributed by atoms with Gasteiger partial charge in [-0.2, -0.15) is 5.26 Å². The molecule has 2 rings (SSSR count). The summed E-state index contributed by atoms with van der Waals surface area (Å²) < 4.78 is 5.18. The molecule has 0 aliphatic carbocycles. The van der Waals surface area contributed by atoms with Crippen molar-refractivity contribution < 1.29 is 4.74 Å². The Balaban J connectivity index is 1.95. The number of nitriles is 1. The maximum Gasteiger partial charge on any atom is 0.119 e. The van der Waals surface area contributed by atoms with Gasteiger partial charge in [-0.3, -0.25) is 4.90 Å². The number of hydrogen-bond donors (Lipinski definition) is 0. The Bertz CT molecular complexity index is 456. The van der Waals surface area contributed by atoms with Crippen LogP contribution >= 0.6 is 0 Å². The molecule has 1 aromatic carbocycles. The third kappa shape index (κ3) is 3.23. The maximum absolute atomic E-state index is 9.27. The van der Waals surface area contributed by atoms with Crippen molar-refractivity contribution in [3.05, 3.63) is 24.3 Å². The van der Waals surface area contributed by atoms with Gasteiger partial charge in [-0.25, -0.2) is 0 Å². The lowest BCUT2D eigenvalue weighted by Crippen LogP contribution is -2.51. The molecule has 4 heteroatoms. The smallest absolute Gasteiger partial charge is 0.119 e. The highest BCUT2D eigenvalue weighted by Gasteiger charge is 2.25. The van der Waals surface area contributed by atoms with Crippen LogP contribution in [0, 0.1) is 17.2 Å². The standard InChI is InChI=1S/C16H23N3O/c1-13(2)16(12-17)19-10-8-18(9-11-19)14-4-6-15(20-3)7-5-14/h4-7,13,16H,8-11H2,1-3H3. The van der Waals surface area contributed by atoms with Gasteiger partial charge in [0.2, 0.25) is 0 Å². The molecular weight excluding hydrogens is 250 g/mol. The van der Waals surface area contributed by atoms with E-state index in [1.807, 2.05) is 12.1 Å². The molecule has 0 saturated carbocycles. The molecule has 0 spiro atoms. The highest BCUT2D eigenvalue weighted by atomic mass is 16.5. The minimum absolute atomic E-state index is 0.0352. The molecule has 1 aliphatic heterocycles. The Kier molecular flexibility index (Phi) is 4.86. The molecule has 1 fully saturated rings. The zero-order valence-corrected chi connectivity index (χ0v) is 12.5. The van der Waals surface area contributed by atoms with E-state index in [1.54, 1.807) is 7.11 Å². The zero-order valence-electron chi connectivity index (χ0n) is 12.5. The first-order valence-electron chi connectivity index (χ1n) is 7.18. The van der Waals surface area contributed by atoms with Gasteiger partial charge in [-0.05, 0) is 30.2 Å². The van der Waals surface area contributed by atoms with E-state index in [9.17, 15) is 5.26 Å². The molecule has 1 aromatic rings. The SMILES string of the molecule is COc1ccc(N2CCN(C(C#N)C(C)C)CC2)cc1. The molecule has 1 aliphatic rings. The average Bonchev–Trinajstić information content (AvgIpc) is 2.48. The predicted octanol–water partition coefficient (Wildman–Crippen LogP) is 2.37. The van der Waals surface area contributed by atoms with Crippen LogP contribution in [0.1, 0.15) is 13.8 Å². The van der Waals surface area contributed by atoms with Crippen LogP contribution in [0.4, 0.5) is 5.69 Å². The van der Waals surface area contributed by atoms with Gasteiger partial charge in [0, 0.05) is 31.9 Å². The van der Waals surface area contributed by atoms with E-state index >= 15 is 0 Å². The topological polar surface area (TPSA) is 39.5 Å². The highest BCUT2D eigenvalue weighted by Crippen LogP contribution is 2.21. The largest absolute Gasteiger partial charge is 0.497 e. The van der Waals surface area contributed by atoms with E-state index in [-0.39, 0.29) is 6.04 Å². The van der Waals surface area contributed by atoms with Crippen molar-refractivity contribution in [2.45, 2.75) is 19.9 Å². The highest BCUT2D eigenvalue weighted by molar-refractivity contribution is 5.49. The second-order valence-electron chi connectivity index (χ2n) is 5.54. The van der Waals surface area contributed by atoms with Crippen LogP contribution in [0.15, 0.2) is 24.3 Å². The van der Waals surface area contributed by atoms with Crippen LogP contribution in [0.5, 0.6) is 5.75 Å². The van der Waals surface area contributed by atoms with E-state index in [0.717, 1.165) is 31.9 Å². The number of benzene rings is 1. The lowest BCUT2D eigenvalue weighted by molar-refractivity contribution is 0.184.